The van der Waals surface area contributed by atoms with Gasteiger partial charge in [0.05, 0.1) is 19.3 Å². The lowest BCUT2D eigenvalue weighted by atomic mass is 9.99. The Kier molecular flexibility index (Phi) is 5.94. The number of carbonyl (C=O) groups is 1. The summed E-state index contributed by atoms with van der Waals surface area (Å²) in [6, 6.07) is 16.5. The van der Waals surface area contributed by atoms with Crippen molar-refractivity contribution in [2.75, 3.05) is 32.8 Å². The molecule has 2 saturated heterocycles. The zero-order valence-corrected chi connectivity index (χ0v) is 16.4. The third-order valence-electron chi connectivity index (χ3n) is 5.63. The summed E-state index contributed by atoms with van der Waals surface area (Å²) in [6.07, 6.45) is 0. The molecule has 0 aromatic heterocycles. The molecule has 3 N–H and O–H groups in total. The Balaban J connectivity index is 1.52. The fourth-order valence-electron chi connectivity index (χ4n) is 3.91. The third kappa shape index (κ3) is 4.21. The summed E-state index contributed by atoms with van der Waals surface area (Å²) >= 11 is 6.27. The molecular formula is C21H25ClN4O2. The maximum Gasteiger partial charge on any atom is 0.265 e. The van der Waals surface area contributed by atoms with E-state index in [1.807, 2.05) is 36.4 Å². The number of rotatable bonds is 5. The van der Waals surface area contributed by atoms with Crippen molar-refractivity contribution in [1.82, 2.24) is 15.2 Å². The van der Waals surface area contributed by atoms with Crippen LogP contribution in [0.4, 0.5) is 0 Å². The second-order valence-electron chi connectivity index (χ2n) is 7.40. The van der Waals surface area contributed by atoms with Crippen LogP contribution in [0.5, 0.6) is 0 Å². The highest BCUT2D eigenvalue weighted by molar-refractivity contribution is 6.30. The standard InChI is InChI=1S/C21H25ClN4O2/c22-18-3-1-2-17(10-18)20-12-25(19-13-28-14-19)8-9-26(20)11-15-4-6-16(7-5-15)21(27)24-23/h1-7,10,19-20H,8-9,11-14,23H2,(H,24,27). The molecule has 1 amide bonds. The van der Waals surface area contributed by atoms with Gasteiger partial charge in [0.1, 0.15) is 0 Å². The topological polar surface area (TPSA) is 70.8 Å². The number of nitrogens with two attached hydrogens (primary N) is 1. The number of hydrazine groups is 1. The number of nitrogen functional groups attached to an aromatic ring is 1. The largest absolute Gasteiger partial charge is 0.378 e. The predicted molar refractivity (Wildman–Crippen MR) is 109 cm³/mol. The van der Waals surface area contributed by atoms with Crippen LogP contribution in [-0.2, 0) is 11.3 Å². The van der Waals surface area contributed by atoms with Crippen LogP contribution in [-0.4, -0.2) is 54.6 Å². The average Bonchev–Trinajstić information content (AvgIpc) is 2.68. The van der Waals surface area contributed by atoms with E-state index in [0.29, 0.717) is 11.6 Å². The molecule has 6 nitrogen and oxygen atoms in total. The number of halogens is 1. The van der Waals surface area contributed by atoms with Gasteiger partial charge in [-0.3, -0.25) is 20.0 Å². The van der Waals surface area contributed by atoms with Gasteiger partial charge in [-0.15, -0.1) is 0 Å². The summed E-state index contributed by atoms with van der Waals surface area (Å²) in [7, 11) is 0. The molecule has 2 aromatic rings. The minimum Gasteiger partial charge on any atom is -0.378 e. The molecule has 2 heterocycles. The zero-order chi connectivity index (χ0) is 19.5. The Morgan fingerprint density at radius 2 is 1.96 bits per heavy atom. The van der Waals surface area contributed by atoms with E-state index in [-0.39, 0.29) is 11.9 Å². The third-order valence-corrected chi connectivity index (χ3v) is 5.86. The number of hydrogen-bond acceptors (Lipinski definition) is 5. The van der Waals surface area contributed by atoms with E-state index in [1.54, 1.807) is 0 Å². The normalized spacial score (nSPS) is 21.3. The van der Waals surface area contributed by atoms with Gasteiger partial charge in [0, 0.05) is 42.8 Å². The lowest BCUT2D eigenvalue weighted by Gasteiger charge is -2.47. The highest BCUT2D eigenvalue weighted by atomic mass is 35.5. The number of benzene rings is 2. The monoisotopic (exact) mass is 400 g/mol. The van der Waals surface area contributed by atoms with Crippen LogP contribution < -0.4 is 11.3 Å². The van der Waals surface area contributed by atoms with Crippen molar-refractivity contribution in [3.63, 3.8) is 0 Å². The average molecular weight is 401 g/mol. The summed E-state index contributed by atoms with van der Waals surface area (Å²) in [5.74, 6) is 4.93. The van der Waals surface area contributed by atoms with Crippen molar-refractivity contribution >= 4 is 17.5 Å². The molecule has 0 saturated carbocycles. The van der Waals surface area contributed by atoms with Crippen molar-refractivity contribution in [2.24, 2.45) is 5.84 Å². The predicted octanol–water partition coefficient (Wildman–Crippen LogP) is 2.20. The fraction of sp³-hybridized carbons (Fsp3) is 0.381. The van der Waals surface area contributed by atoms with E-state index < -0.39 is 0 Å². The number of nitrogens with zero attached hydrogens (tertiary/aromatic N) is 2. The maximum absolute atomic E-state index is 11.6. The maximum atomic E-state index is 11.6. The van der Waals surface area contributed by atoms with E-state index in [1.165, 1.54) is 11.1 Å². The number of nitrogens with one attached hydrogen (secondary N) is 1. The Morgan fingerprint density at radius 1 is 1.18 bits per heavy atom. The van der Waals surface area contributed by atoms with Crippen LogP contribution >= 0.6 is 11.6 Å². The molecule has 2 aliphatic rings. The van der Waals surface area contributed by atoms with Gasteiger partial charge in [0.15, 0.2) is 0 Å². The molecule has 0 aliphatic carbocycles. The number of piperazine rings is 1. The number of ether oxygens (including phenoxy) is 1. The minimum absolute atomic E-state index is 0.264. The Bertz CT molecular complexity index is 825. The first kappa shape index (κ1) is 19.4. The highest BCUT2D eigenvalue weighted by Crippen LogP contribution is 2.30. The summed E-state index contributed by atoms with van der Waals surface area (Å²) in [5.41, 5.74) is 5.13. The molecule has 7 heteroatoms. The molecule has 0 bridgehead atoms. The van der Waals surface area contributed by atoms with E-state index in [4.69, 9.17) is 22.2 Å². The molecular weight excluding hydrogens is 376 g/mol. The second kappa shape index (κ2) is 8.59. The minimum atomic E-state index is -0.278. The number of carbonyl (C=O) groups excluding carboxylic acids is 1. The molecule has 0 radical (unpaired) electrons. The van der Waals surface area contributed by atoms with Crippen LogP contribution in [0.3, 0.4) is 0 Å². The van der Waals surface area contributed by atoms with Gasteiger partial charge in [-0.1, -0.05) is 35.9 Å². The van der Waals surface area contributed by atoms with Gasteiger partial charge >= 0.3 is 0 Å². The van der Waals surface area contributed by atoms with Gasteiger partial charge in [0.25, 0.3) is 5.91 Å². The molecule has 4 rings (SSSR count). The van der Waals surface area contributed by atoms with Crippen LogP contribution in [0.2, 0.25) is 5.02 Å². The summed E-state index contributed by atoms with van der Waals surface area (Å²) in [4.78, 5) is 16.7. The summed E-state index contributed by atoms with van der Waals surface area (Å²) in [6.45, 7) is 5.43. The van der Waals surface area contributed by atoms with Gasteiger partial charge in [-0.2, -0.15) is 0 Å². The number of amides is 1. The molecule has 2 aliphatic heterocycles. The summed E-state index contributed by atoms with van der Waals surface area (Å²) in [5, 5.41) is 0.763. The zero-order valence-electron chi connectivity index (χ0n) is 15.7. The first-order valence-corrected chi connectivity index (χ1v) is 9.93. The van der Waals surface area contributed by atoms with Crippen molar-refractivity contribution in [2.45, 2.75) is 18.6 Å². The smallest absolute Gasteiger partial charge is 0.265 e. The second-order valence-corrected chi connectivity index (χ2v) is 7.83. The van der Waals surface area contributed by atoms with Gasteiger partial charge in [-0.25, -0.2) is 5.84 Å². The van der Waals surface area contributed by atoms with Crippen molar-refractivity contribution < 1.29 is 9.53 Å². The van der Waals surface area contributed by atoms with Crippen molar-refractivity contribution in [1.29, 1.82) is 0 Å². The molecule has 1 atom stereocenters. The Hall–Kier alpha value is -1.96. The molecule has 2 aromatic carbocycles. The van der Waals surface area contributed by atoms with Crippen molar-refractivity contribution in [3.05, 3.63) is 70.2 Å². The van der Waals surface area contributed by atoms with Crippen LogP contribution in [0, 0.1) is 0 Å². The first-order valence-electron chi connectivity index (χ1n) is 9.55. The van der Waals surface area contributed by atoms with Crippen LogP contribution in [0.1, 0.15) is 27.5 Å². The lowest BCUT2D eigenvalue weighted by Crippen LogP contribution is -2.57. The fourth-order valence-corrected chi connectivity index (χ4v) is 4.10. The molecule has 148 valence electrons. The Morgan fingerprint density at radius 3 is 2.61 bits per heavy atom. The molecule has 1 unspecified atom stereocenters. The van der Waals surface area contributed by atoms with E-state index in [2.05, 4.69) is 27.4 Å². The lowest BCUT2D eigenvalue weighted by molar-refractivity contribution is -0.0877. The van der Waals surface area contributed by atoms with E-state index in [0.717, 1.165) is 44.4 Å². The van der Waals surface area contributed by atoms with Crippen LogP contribution in [0.25, 0.3) is 0 Å². The number of hydrogen-bond donors (Lipinski definition) is 2. The van der Waals surface area contributed by atoms with Crippen molar-refractivity contribution in [3.8, 4) is 0 Å². The van der Waals surface area contributed by atoms with E-state index >= 15 is 0 Å². The van der Waals surface area contributed by atoms with Gasteiger partial charge in [0.2, 0.25) is 0 Å². The summed E-state index contributed by atoms with van der Waals surface area (Å²) < 4.78 is 5.39. The molecule has 2 fully saturated rings. The Labute approximate surface area is 170 Å². The van der Waals surface area contributed by atoms with Gasteiger partial charge < -0.3 is 4.74 Å². The quantitative estimate of drug-likeness (QED) is 0.457. The molecule has 28 heavy (non-hydrogen) atoms. The van der Waals surface area contributed by atoms with Crippen LogP contribution in [0.15, 0.2) is 48.5 Å². The first-order chi connectivity index (χ1) is 13.6. The van der Waals surface area contributed by atoms with Gasteiger partial charge in [-0.05, 0) is 35.4 Å². The molecule has 0 spiro atoms. The SMILES string of the molecule is NNC(=O)c1ccc(CN2CCN(C3COC3)CC2c2cccc(Cl)c2)cc1. The highest BCUT2D eigenvalue weighted by Gasteiger charge is 2.34. The van der Waals surface area contributed by atoms with E-state index in [9.17, 15) is 4.79 Å².